The highest BCUT2D eigenvalue weighted by molar-refractivity contribution is 5.69. The highest BCUT2D eigenvalue weighted by atomic mass is 16.5. The van der Waals surface area contributed by atoms with Crippen LogP contribution in [0.4, 0.5) is 0 Å². The van der Waals surface area contributed by atoms with Crippen LogP contribution in [0.5, 0.6) is 0 Å². The quantitative estimate of drug-likeness (QED) is 0.261. The Morgan fingerprint density at radius 1 is 1.11 bits per heavy atom. The molecule has 0 bridgehead atoms. The van der Waals surface area contributed by atoms with Crippen molar-refractivity contribution in [1.82, 2.24) is 0 Å². The molecule has 3 aliphatic rings. The van der Waals surface area contributed by atoms with Gasteiger partial charge < -0.3 is 14.9 Å². The molecule has 0 spiro atoms. The lowest BCUT2D eigenvalue weighted by Gasteiger charge is -2.67. The second kappa shape index (κ2) is 10.2. The Balaban J connectivity index is 1.95. The van der Waals surface area contributed by atoms with Crippen molar-refractivity contribution in [2.24, 2.45) is 45.8 Å². The van der Waals surface area contributed by atoms with Crippen LogP contribution in [0.15, 0.2) is 24.3 Å². The van der Waals surface area contributed by atoms with Gasteiger partial charge in [0.2, 0.25) is 0 Å². The van der Waals surface area contributed by atoms with Gasteiger partial charge in [0.1, 0.15) is 0 Å². The number of aliphatic hydroxyl groups excluding tert-OH is 1. The molecule has 0 aromatic carbocycles. The third-order valence-electron chi connectivity index (χ3n) is 11.9. The summed E-state index contributed by atoms with van der Waals surface area (Å²) in [5.41, 5.74) is 1.38. The molecule has 0 unspecified atom stereocenters. The number of methoxy groups -OCH3 is 1. The van der Waals surface area contributed by atoms with Gasteiger partial charge in [-0.3, -0.25) is 4.79 Å². The van der Waals surface area contributed by atoms with Crippen molar-refractivity contribution in [2.75, 3.05) is 7.11 Å². The first-order chi connectivity index (χ1) is 16.5. The Bertz CT molecular complexity index is 858. The van der Waals surface area contributed by atoms with Gasteiger partial charge in [-0.05, 0) is 111 Å². The maximum atomic E-state index is 12.2. The Morgan fingerprint density at radius 3 is 2.28 bits per heavy atom. The summed E-state index contributed by atoms with van der Waals surface area (Å²) in [6, 6.07) is 0. The average Bonchev–Trinajstić information content (AvgIpc) is 3.18. The summed E-state index contributed by atoms with van der Waals surface area (Å²) in [6.45, 7) is 24.2. The van der Waals surface area contributed by atoms with Crippen LogP contribution in [0.2, 0.25) is 0 Å². The van der Waals surface area contributed by atoms with Crippen LogP contribution in [-0.2, 0) is 9.53 Å². The van der Waals surface area contributed by atoms with Crippen molar-refractivity contribution in [1.29, 1.82) is 0 Å². The minimum absolute atomic E-state index is 0.0279. The van der Waals surface area contributed by atoms with E-state index in [9.17, 15) is 15.0 Å². The van der Waals surface area contributed by atoms with E-state index in [1.807, 2.05) is 6.92 Å². The zero-order chi connectivity index (χ0) is 27.3. The largest absolute Gasteiger partial charge is 0.469 e. The number of fused-ring (bicyclic) bond motifs is 3. The minimum atomic E-state index is -0.826. The number of hydrogen-bond donors (Lipinski definition) is 2. The molecule has 0 aromatic rings. The van der Waals surface area contributed by atoms with Crippen molar-refractivity contribution in [3.8, 4) is 0 Å². The average molecular weight is 503 g/mol. The van der Waals surface area contributed by atoms with Crippen LogP contribution >= 0.6 is 0 Å². The van der Waals surface area contributed by atoms with Gasteiger partial charge in [-0.2, -0.15) is 0 Å². The number of aliphatic hydroxyl groups is 2. The minimum Gasteiger partial charge on any atom is -0.469 e. The summed E-state index contributed by atoms with van der Waals surface area (Å²) < 4.78 is 5.01. The van der Waals surface area contributed by atoms with Crippen molar-refractivity contribution in [3.05, 3.63) is 24.3 Å². The lowest BCUT2D eigenvalue weighted by atomic mass is 9.37. The van der Waals surface area contributed by atoms with Crippen molar-refractivity contribution >= 4 is 5.97 Å². The van der Waals surface area contributed by atoms with Gasteiger partial charge in [0.05, 0.1) is 18.8 Å². The standard InChI is InChI=1S/C32H54O4/c1-20(2)22(5)11-18-32(9,35)24-13-17-31(8)28(24)25(33)19-26-29(6,15-14-27(34)36-10)23(21(3)4)12-16-30(26,31)7/h20,23-26,28,33,35H,3,5,11-19H2,1-2,4,6-10H3/t23-,24-,25+,26+,28-,29-,30+,31+,32-/m0/s1. The summed E-state index contributed by atoms with van der Waals surface area (Å²) in [5, 5.41) is 23.6. The number of carbonyl (C=O) groups excluding carboxylic acids is 1. The van der Waals surface area contributed by atoms with E-state index in [0.29, 0.717) is 24.7 Å². The van der Waals surface area contributed by atoms with Crippen LogP contribution in [0.3, 0.4) is 0 Å². The molecule has 4 nitrogen and oxygen atoms in total. The van der Waals surface area contributed by atoms with E-state index in [0.717, 1.165) is 44.9 Å². The van der Waals surface area contributed by atoms with Crippen LogP contribution in [0.25, 0.3) is 0 Å². The maximum Gasteiger partial charge on any atom is 0.305 e. The van der Waals surface area contributed by atoms with E-state index in [-0.39, 0.29) is 40.0 Å². The van der Waals surface area contributed by atoms with E-state index in [1.54, 1.807) is 0 Å². The summed E-state index contributed by atoms with van der Waals surface area (Å²) in [4.78, 5) is 12.2. The second-order valence-electron chi connectivity index (χ2n) is 14.1. The molecular weight excluding hydrogens is 448 g/mol. The summed E-state index contributed by atoms with van der Waals surface area (Å²) in [5.74, 6) is 1.02. The number of allylic oxidation sites excluding steroid dienone is 2. The third kappa shape index (κ3) is 4.75. The van der Waals surface area contributed by atoms with Crippen LogP contribution in [-0.4, -0.2) is 35.0 Å². The Kier molecular flexibility index (Phi) is 8.35. The Labute approximate surface area is 221 Å². The number of esters is 1. The smallest absolute Gasteiger partial charge is 0.305 e. The molecule has 0 radical (unpaired) electrons. The van der Waals surface area contributed by atoms with Gasteiger partial charge in [0.25, 0.3) is 0 Å². The number of hydrogen-bond acceptors (Lipinski definition) is 4. The van der Waals surface area contributed by atoms with E-state index in [2.05, 4.69) is 54.7 Å². The molecule has 9 atom stereocenters. The monoisotopic (exact) mass is 502 g/mol. The van der Waals surface area contributed by atoms with Gasteiger partial charge in [0.15, 0.2) is 0 Å². The lowest BCUT2D eigenvalue weighted by Crippen LogP contribution is -2.63. The molecule has 0 aliphatic heterocycles. The number of rotatable bonds is 9. The molecule has 3 aliphatic carbocycles. The van der Waals surface area contributed by atoms with Crippen LogP contribution < -0.4 is 0 Å². The number of carbonyl (C=O) groups is 1. The first-order valence-corrected chi connectivity index (χ1v) is 14.4. The van der Waals surface area contributed by atoms with Gasteiger partial charge in [-0.15, -0.1) is 0 Å². The molecule has 4 heteroatoms. The molecule has 3 saturated carbocycles. The van der Waals surface area contributed by atoms with Crippen molar-refractivity contribution in [3.63, 3.8) is 0 Å². The maximum absolute atomic E-state index is 12.2. The fraction of sp³-hybridized carbons (Fsp3) is 0.844. The van der Waals surface area contributed by atoms with Crippen LogP contribution in [0, 0.1) is 45.8 Å². The summed E-state index contributed by atoms with van der Waals surface area (Å²) in [6.07, 6.45) is 7.08. The SMILES string of the molecule is C=C(CC[C@](C)(O)[C@H]1CC[C@]2(C)[C@@H]1[C@H](O)C[C@@H]1[C@@](C)(CCC(=O)OC)[C@H](C(=C)C)CC[C@]12C)C(C)C. The van der Waals surface area contributed by atoms with E-state index < -0.39 is 11.7 Å². The lowest BCUT2D eigenvalue weighted by molar-refractivity contribution is -0.213. The Hall–Kier alpha value is -1.13. The van der Waals surface area contributed by atoms with Crippen molar-refractivity contribution < 1.29 is 19.7 Å². The topological polar surface area (TPSA) is 66.8 Å². The van der Waals surface area contributed by atoms with Crippen LogP contribution in [0.1, 0.15) is 106 Å². The number of ether oxygens (including phenoxy) is 1. The van der Waals surface area contributed by atoms with Crippen molar-refractivity contribution in [2.45, 2.75) is 118 Å². The molecule has 0 heterocycles. The fourth-order valence-corrected chi connectivity index (χ4v) is 9.34. The molecule has 206 valence electrons. The predicted molar refractivity (Wildman–Crippen MR) is 147 cm³/mol. The first kappa shape index (κ1) is 29.4. The summed E-state index contributed by atoms with van der Waals surface area (Å²) >= 11 is 0. The fourth-order valence-electron chi connectivity index (χ4n) is 9.34. The molecule has 36 heavy (non-hydrogen) atoms. The third-order valence-corrected chi connectivity index (χ3v) is 11.9. The van der Waals surface area contributed by atoms with E-state index in [4.69, 9.17) is 4.74 Å². The first-order valence-electron chi connectivity index (χ1n) is 14.4. The molecule has 0 aromatic heterocycles. The molecule has 2 N–H and O–H groups in total. The Morgan fingerprint density at radius 2 is 1.72 bits per heavy atom. The van der Waals surface area contributed by atoms with Gasteiger partial charge in [0, 0.05) is 6.42 Å². The zero-order valence-electron chi connectivity index (χ0n) is 24.5. The molecule has 0 saturated heterocycles. The highest BCUT2D eigenvalue weighted by Crippen LogP contribution is 2.74. The zero-order valence-corrected chi connectivity index (χ0v) is 24.5. The molecule has 3 fully saturated rings. The van der Waals surface area contributed by atoms with Gasteiger partial charge in [-0.25, -0.2) is 0 Å². The molecule has 0 amide bonds. The van der Waals surface area contributed by atoms with E-state index in [1.165, 1.54) is 18.3 Å². The highest BCUT2D eigenvalue weighted by Gasteiger charge is 2.69. The molecule has 3 rings (SSSR count). The van der Waals surface area contributed by atoms with E-state index >= 15 is 0 Å². The van der Waals surface area contributed by atoms with Gasteiger partial charge in [-0.1, -0.05) is 58.9 Å². The predicted octanol–water partition coefficient (Wildman–Crippen LogP) is 7.10. The summed E-state index contributed by atoms with van der Waals surface area (Å²) in [7, 11) is 1.46. The van der Waals surface area contributed by atoms with Gasteiger partial charge >= 0.3 is 5.97 Å². The second-order valence-corrected chi connectivity index (χ2v) is 14.1. The molecular formula is C32H54O4. The normalized spacial score (nSPS) is 41.8.